The average molecular weight is 529 g/mol. The third-order valence-electron chi connectivity index (χ3n) is 10.3. The minimum atomic E-state index is -0.654. The minimum Gasteiger partial charge on any atom is -0.460 e. The Morgan fingerprint density at radius 2 is 1.00 bits per heavy atom. The van der Waals surface area contributed by atoms with E-state index in [-0.39, 0.29) is 24.0 Å². The molecule has 0 N–H and O–H groups in total. The first kappa shape index (κ1) is 25.9. The molecule has 0 saturated heterocycles. The lowest BCUT2D eigenvalue weighted by molar-refractivity contribution is -0.175. The maximum absolute atomic E-state index is 13.4. The van der Waals surface area contributed by atoms with Gasteiger partial charge in [0, 0.05) is 0 Å². The molecular formula is C30H40O8. The van der Waals surface area contributed by atoms with Gasteiger partial charge < -0.3 is 18.9 Å². The molecule has 0 aliphatic heterocycles. The zero-order chi connectivity index (χ0) is 26.2. The topological polar surface area (TPSA) is 105 Å². The number of allylic oxidation sites excluding steroid dienone is 2. The van der Waals surface area contributed by atoms with Crippen molar-refractivity contribution in [2.75, 3.05) is 13.2 Å². The van der Waals surface area contributed by atoms with Crippen molar-refractivity contribution in [2.24, 2.45) is 47.3 Å². The van der Waals surface area contributed by atoms with Gasteiger partial charge in [0.15, 0.2) is 13.2 Å². The first-order chi connectivity index (χ1) is 18.5. The number of esters is 4. The molecule has 4 bridgehead atoms. The molecule has 0 aromatic carbocycles. The fourth-order valence-corrected chi connectivity index (χ4v) is 8.94. The summed E-state index contributed by atoms with van der Waals surface area (Å²) in [6, 6.07) is 0. The van der Waals surface area contributed by atoms with E-state index in [0.717, 1.165) is 77.0 Å². The predicted molar refractivity (Wildman–Crippen MR) is 134 cm³/mol. The molecule has 5 fully saturated rings. The first-order valence-corrected chi connectivity index (χ1v) is 14.9. The SMILES string of the molecule is O=C(COC(=O)C1C2CC(C1C(=O)OCC(=O)OC1CCCCC1)C1C3C=CC(C3)C21)OC1CCCCC1. The molecule has 6 rings (SSSR count). The molecule has 8 unspecified atom stereocenters. The molecule has 0 aromatic heterocycles. The van der Waals surface area contributed by atoms with Crippen LogP contribution in [-0.4, -0.2) is 49.3 Å². The summed E-state index contributed by atoms with van der Waals surface area (Å²) >= 11 is 0. The molecule has 0 radical (unpaired) electrons. The van der Waals surface area contributed by atoms with Gasteiger partial charge in [-0.3, -0.25) is 9.59 Å². The number of hydrogen-bond donors (Lipinski definition) is 0. The van der Waals surface area contributed by atoms with E-state index in [9.17, 15) is 19.2 Å². The number of hydrogen-bond acceptors (Lipinski definition) is 8. The van der Waals surface area contributed by atoms with E-state index < -0.39 is 48.9 Å². The van der Waals surface area contributed by atoms with E-state index in [4.69, 9.17) is 18.9 Å². The van der Waals surface area contributed by atoms with Crippen LogP contribution in [0.2, 0.25) is 0 Å². The van der Waals surface area contributed by atoms with Crippen LogP contribution in [0.15, 0.2) is 12.2 Å². The van der Waals surface area contributed by atoms with E-state index in [1.54, 1.807) is 0 Å². The van der Waals surface area contributed by atoms with Crippen molar-refractivity contribution in [3.63, 3.8) is 0 Å². The fraction of sp³-hybridized carbons (Fsp3) is 0.800. The summed E-state index contributed by atoms with van der Waals surface area (Å²) in [6.45, 7) is -0.864. The number of carbonyl (C=O) groups is 4. The van der Waals surface area contributed by atoms with Gasteiger partial charge in [-0.25, -0.2) is 9.59 Å². The molecule has 8 heteroatoms. The van der Waals surface area contributed by atoms with Crippen molar-refractivity contribution >= 4 is 23.9 Å². The van der Waals surface area contributed by atoms with Gasteiger partial charge in [0.05, 0.1) is 11.8 Å². The summed E-state index contributed by atoms with van der Waals surface area (Å²) in [7, 11) is 0. The summed E-state index contributed by atoms with van der Waals surface area (Å²) < 4.78 is 22.0. The zero-order valence-corrected chi connectivity index (χ0v) is 22.1. The van der Waals surface area contributed by atoms with Crippen molar-refractivity contribution in [3.05, 3.63) is 12.2 Å². The maximum atomic E-state index is 13.4. The lowest BCUT2D eigenvalue weighted by atomic mass is 9.65. The van der Waals surface area contributed by atoms with Crippen LogP contribution < -0.4 is 0 Å². The van der Waals surface area contributed by atoms with E-state index in [1.165, 1.54) is 0 Å². The quantitative estimate of drug-likeness (QED) is 0.200. The fourth-order valence-electron chi connectivity index (χ4n) is 8.94. The Labute approximate surface area is 224 Å². The number of rotatable bonds is 8. The van der Waals surface area contributed by atoms with Gasteiger partial charge in [-0.2, -0.15) is 0 Å². The largest absolute Gasteiger partial charge is 0.460 e. The van der Waals surface area contributed by atoms with E-state index in [0.29, 0.717) is 23.7 Å². The van der Waals surface area contributed by atoms with Gasteiger partial charge in [-0.15, -0.1) is 0 Å². The summed E-state index contributed by atoms with van der Waals surface area (Å²) in [6.07, 6.45) is 16.1. The van der Waals surface area contributed by atoms with Crippen LogP contribution in [0.25, 0.3) is 0 Å². The Bertz CT molecular complexity index is 887. The minimum absolute atomic E-state index is 0.0264. The molecule has 0 heterocycles. The maximum Gasteiger partial charge on any atom is 0.344 e. The van der Waals surface area contributed by atoms with Crippen LogP contribution in [0.3, 0.4) is 0 Å². The van der Waals surface area contributed by atoms with Crippen molar-refractivity contribution in [3.8, 4) is 0 Å². The Morgan fingerprint density at radius 3 is 1.42 bits per heavy atom. The number of carbonyl (C=O) groups excluding carboxylic acids is 4. The molecule has 208 valence electrons. The number of fused-ring (bicyclic) bond motifs is 9. The van der Waals surface area contributed by atoms with E-state index in [1.807, 2.05) is 0 Å². The van der Waals surface area contributed by atoms with Crippen LogP contribution >= 0.6 is 0 Å². The molecule has 38 heavy (non-hydrogen) atoms. The smallest absolute Gasteiger partial charge is 0.344 e. The molecule has 8 nitrogen and oxygen atoms in total. The van der Waals surface area contributed by atoms with Crippen LogP contribution in [-0.2, 0) is 38.1 Å². The predicted octanol–water partition coefficient (Wildman–Crippen LogP) is 4.15. The van der Waals surface area contributed by atoms with E-state index >= 15 is 0 Å². The van der Waals surface area contributed by atoms with Crippen LogP contribution in [0, 0.1) is 47.3 Å². The molecule has 0 spiro atoms. The second-order valence-corrected chi connectivity index (χ2v) is 12.4. The van der Waals surface area contributed by atoms with Gasteiger partial charge in [0.25, 0.3) is 0 Å². The first-order valence-electron chi connectivity index (χ1n) is 14.9. The highest BCUT2D eigenvalue weighted by molar-refractivity contribution is 5.86. The van der Waals surface area contributed by atoms with Crippen molar-refractivity contribution < 1.29 is 38.1 Å². The van der Waals surface area contributed by atoms with Gasteiger partial charge in [0.2, 0.25) is 0 Å². The van der Waals surface area contributed by atoms with Crippen LogP contribution in [0.1, 0.15) is 77.0 Å². The van der Waals surface area contributed by atoms with Crippen molar-refractivity contribution in [1.82, 2.24) is 0 Å². The highest BCUT2D eigenvalue weighted by Gasteiger charge is 2.68. The summed E-state index contributed by atoms with van der Waals surface area (Å²) in [4.78, 5) is 51.6. The monoisotopic (exact) mass is 528 g/mol. The summed E-state index contributed by atoms with van der Waals surface area (Å²) in [5, 5.41) is 0. The molecule has 8 atom stereocenters. The Kier molecular flexibility index (Phi) is 7.50. The second-order valence-electron chi connectivity index (χ2n) is 12.4. The highest BCUT2D eigenvalue weighted by atomic mass is 16.6. The van der Waals surface area contributed by atoms with Gasteiger partial charge >= 0.3 is 23.9 Å². The average Bonchev–Trinajstić information content (AvgIpc) is 3.71. The standard InChI is InChI=1S/C30H40O8/c31-23(37-19-7-3-1-4-8-19)15-35-29(33)27-21-14-22(26-18-12-11-17(13-18)25(21)26)28(27)30(34)36-16-24(32)38-20-9-5-2-6-10-20/h11-12,17-22,25-28H,1-10,13-16H2. The third-order valence-corrected chi connectivity index (χ3v) is 10.3. The molecular weight excluding hydrogens is 488 g/mol. The number of ether oxygens (including phenoxy) is 4. The Morgan fingerprint density at radius 1 is 0.579 bits per heavy atom. The van der Waals surface area contributed by atoms with Crippen LogP contribution in [0.5, 0.6) is 0 Å². The lowest BCUT2D eigenvalue weighted by Gasteiger charge is -2.39. The highest BCUT2D eigenvalue weighted by Crippen LogP contribution is 2.69. The molecule has 0 amide bonds. The van der Waals surface area contributed by atoms with E-state index in [2.05, 4.69) is 12.2 Å². The van der Waals surface area contributed by atoms with Gasteiger partial charge in [-0.1, -0.05) is 25.0 Å². The second kappa shape index (κ2) is 11.0. The Balaban J connectivity index is 1.09. The van der Waals surface area contributed by atoms with Crippen molar-refractivity contribution in [1.29, 1.82) is 0 Å². The molecule has 6 aliphatic rings. The van der Waals surface area contributed by atoms with Gasteiger partial charge in [0.1, 0.15) is 12.2 Å². The van der Waals surface area contributed by atoms with Crippen molar-refractivity contribution in [2.45, 2.75) is 89.3 Å². The van der Waals surface area contributed by atoms with Gasteiger partial charge in [-0.05, 0) is 99.7 Å². The molecule has 5 saturated carbocycles. The normalized spacial score (nSPS) is 37.6. The Hall–Kier alpha value is -2.38. The summed E-state index contributed by atoms with van der Waals surface area (Å²) in [5.41, 5.74) is 0. The zero-order valence-electron chi connectivity index (χ0n) is 22.1. The van der Waals surface area contributed by atoms with Crippen LogP contribution in [0.4, 0.5) is 0 Å². The third kappa shape index (κ3) is 5.00. The molecule has 0 aromatic rings. The summed E-state index contributed by atoms with van der Waals surface area (Å²) in [5.74, 6) is -1.75. The lowest BCUT2D eigenvalue weighted by Crippen LogP contribution is -2.45. The molecule has 6 aliphatic carbocycles.